The van der Waals surface area contributed by atoms with Crippen molar-refractivity contribution in [1.82, 2.24) is 10.3 Å². The van der Waals surface area contributed by atoms with Crippen LogP contribution in [-0.2, 0) is 33.9 Å². The summed E-state index contributed by atoms with van der Waals surface area (Å²) in [4.78, 5) is 28.1. The van der Waals surface area contributed by atoms with Crippen LogP contribution in [0.25, 0.3) is 0 Å². The molecule has 0 spiro atoms. The van der Waals surface area contributed by atoms with Crippen LogP contribution in [-0.4, -0.2) is 22.9 Å². The molecule has 2 aromatic rings. The van der Waals surface area contributed by atoms with E-state index in [1.807, 2.05) is 52.0 Å². The minimum atomic E-state index is -0.109. The summed E-state index contributed by atoms with van der Waals surface area (Å²) in [5.74, 6) is -0.296. The molecule has 7 heteroatoms. The van der Waals surface area contributed by atoms with E-state index in [0.29, 0.717) is 24.0 Å². The maximum absolute atomic E-state index is 12.2. The molecule has 0 aliphatic rings. The minimum absolute atomic E-state index is 0.0818. The lowest BCUT2D eigenvalue weighted by Crippen LogP contribution is -2.24. The lowest BCUT2D eigenvalue weighted by molar-refractivity contribution is -0.120. The van der Waals surface area contributed by atoms with Crippen molar-refractivity contribution >= 4 is 28.3 Å². The number of amides is 2. The zero-order chi connectivity index (χ0) is 19.8. The molecule has 1 heterocycles. The molecule has 0 atom stereocenters. The van der Waals surface area contributed by atoms with E-state index in [9.17, 15) is 9.59 Å². The molecule has 0 saturated carbocycles. The number of benzene rings is 1. The van der Waals surface area contributed by atoms with Gasteiger partial charge in [-0.25, -0.2) is 4.98 Å². The molecule has 2 rings (SSSR count). The molecule has 0 unspecified atom stereocenters. The van der Waals surface area contributed by atoms with E-state index in [1.54, 1.807) is 5.38 Å². The second kappa shape index (κ2) is 10.2. The quantitative estimate of drug-likeness (QED) is 0.688. The van der Waals surface area contributed by atoms with E-state index in [2.05, 4.69) is 15.6 Å². The van der Waals surface area contributed by atoms with Gasteiger partial charge in [0.05, 0.1) is 24.8 Å². The van der Waals surface area contributed by atoms with Gasteiger partial charge in [0.25, 0.3) is 0 Å². The predicted octanol–water partition coefficient (Wildman–Crippen LogP) is 3.52. The van der Waals surface area contributed by atoms with Gasteiger partial charge in [0, 0.05) is 17.8 Å². The van der Waals surface area contributed by atoms with Crippen LogP contribution in [0.5, 0.6) is 0 Å². The zero-order valence-corrected chi connectivity index (χ0v) is 17.1. The van der Waals surface area contributed by atoms with E-state index >= 15 is 0 Å². The lowest BCUT2D eigenvalue weighted by atomic mass is 10.1. The summed E-state index contributed by atoms with van der Waals surface area (Å²) in [7, 11) is 0. The third-order valence-electron chi connectivity index (χ3n) is 3.71. The second-order valence-corrected chi connectivity index (χ2v) is 7.78. The van der Waals surface area contributed by atoms with Crippen LogP contribution >= 0.6 is 11.3 Å². The topological polar surface area (TPSA) is 80.3 Å². The molecule has 146 valence electrons. The largest absolute Gasteiger partial charge is 0.374 e. The van der Waals surface area contributed by atoms with Crippen molar-refractivity contribution in [3.05, 3.63) is 46.5 Å². The molecule has 2 N–H and O–H groups in total. The van der Waals surface area contributed by atoms with Gasteiger partial charge in [-0.3, -0.25) is 9.59 Å². The summed E-state index contributed by atoms with van der Waals surface area (Å²) in [6.45, 7) is 8.66. The van der Waals surface area contributed by atoms with Crippen LogP contribution in [0.4, 0.5) is 5.13 Å². The van der Waals surface area contributed by atoms with Crippen molar-refractivity contribution in [3.8, 4) is 0 Å². The molecular formula is C20H27N3O3S. The predicted molar refractivity (Wildman–Crippen MR) is 107 cm³/mol. The Morgan fingerprint density at radius 1 is 1.19 bits per heavy atom. The number of aromatic nitrogens is 1. The van der Waals surface area contributed by atoms with Crippen LogP contribution < -0.4 is 10.6 Å². The van der Waals surface area contributed by atoms with E-state index in [4.69, 9.17) is 4.74 Å². The highest BCUT2D eigenvalue weighted by molar-refractivity contribution is 7.13. The maximum Gasteiger partial charge on any atom is 0.228 e. The fraction of sp³-hybridized carbons (Fsp3) is 0.450. The van der Waals surface area contributed by atoms with Crippen LogP contribution in [0.3, 0.4) is 0 Å². The standard InChI is InChI=1S/C20H27N3O3S/c1-13(2)19(25)23-20-22-17(12-27-20)9-18(24)21-10-15-6-5-7-16(8-15)11-26-14(3)4/h5-8,12-14H,9-11H2,1-4H3,(H,21,24)(H,22,23,25). The monoisotopic (exact) mass is 389 g/mol. The van der Waals surface area contributed by atoms with Crippen molar-refractivity contribution in [1.29, 1.82) is 0 Å². The van der Waals surface area contributed by atoms with E-state index in [-0.39, 0.29) is 30.3 Å². The fourth-order valence-corrected chi connectivity index (χ4v) is 2.93. The molecular weight excluding hydrogens is 362 g/mol. The molecule has 0 fully saturated rings. The molecule has 6 nitrogen and oxygen atoms in total. The van der Waals surface area contributed by atoms with Crippen LogP contribution in [0.1, 0.15) is 44.5 Å². The number of nitrogens with zero attached hydrogens (tertiary/aromatic N) is 1. The first kappa shape index (κ1) is 21.1. The second-order valence-electron chi connectivity index (χ2n) is 6.92. The van der Waals surface area contributed by atoms with Gasteiger partial charge in [-0.05, 0) is 25.0 Å². The first-order chi connectivity index (χ1) is 12.8. The maximum atomic E-state index is 12.2. The van der Waals surface area contributed by atoms with Crippen LogP contribution in [0.15, 0.2) is 29.6 Å². The van der Waals surface area contributed by atoms with E-state index in [0.717, 1.165) is 11.1 Å². The lowest BCUT2D eigenvalue weighted by Gasteiger charge is -2.09. The fourth-order valence-electron chi connectivity index (χ4n) is 2.22. The van der Waals surface area contributed by atoms with Crippen molar-refractivity contribution in [2.24, 2.45) is 5.92 Å². The Morgan fingerprint density at radius 2 is 1.93 bits per heavy atom. The molecule has 1 aromatic heterocycles. The average molecular weight is 390 g/mol. The normalized spacial score (nSPS) is 11.0. The third kappa shape index (κ3) is 7.48. The zero-order valence-electron chi connectivity index (χ0n) is 16.2. The van der Waals surface area contributed by atoms with Gasteiger partial charge < -0.3 is 15.4 Å². The van der Waals surface area contributed by atoms with Crippen molar-refractivity contribution in [2.45, 2.75) is 53.4 Å². The minimum Gasteiger partial charge on any atom is -0.374 e. The smallest absolute Gasteiger partial charge is 0.228 e. The van der Waals surface area contributed by atoms with Gasteiger partial charge >= 0.3 is 0 Å². The van der Waals surface area contributed by atoms with Crippen molar-refractivity contribution in [2.75, 3.05) is 5.32 Å². The Labute approximate surface area is 164 Å². The molecule has 0 saturated heterocycles. The van der Waals surface area contributed by atoms with Crippen LogP contribution in [0, 0.1) is 5.92 Å². The Balaban J connectivity index is 1.82. The Bertz CT molecular complexity index is 771. The summed E-state index contributed by atoms with van der Waals surface area (Å²) in [5, 5.41) is 7.96. The van der Waals surface area contributed by atoms with E-state index in [1.165, 1.54) is 11.3 Å². The van der Waals surface area contributed by atoms with Gasteiger partial charge in [0.2, 0.25) is 11.8 Å². The number of carbonyl (C=O) groups excluding carboxylic acids is 2. The number of anilines is 1. The summed E-state index contributed by atoms with van der Waals surface area (Å²) >= 11 is 1.32. The van der Waals surface area contributed by atoms with Gasteiger partial charge in [-0.2, -0.15) is 0 Å². The first-order valence-electron chi connectivity index (χ1n) is 9.05. The van der Waals surface area contributed by atoms with Gasteiger partial charge in [-0.1, -0.05) is 38.1 Å². The number of thiazole rings is 1. The first-order valence-corrected chi connectivity index (χ1v) is 9.93. The van der Waals surface area contributed by atoms with Gasteiger partial charge in [-0.15, -0.1) is 11.3 Å². The Kier molecular flexibility index (Phi) is 7.94. The van der Waals surface area contributed by atoms with Crippen molar-refractivity contribution in [3.63, 3.8) is 0 Å². The van der Waals surface area contributed by atoms with Gasteiger partial charge in [0.1, 0.15) is 0 Å². The number of ether oxygens (including phenoxy) is 1. The Hall–Kier alpha value is -2.25. The number of carbonyl (C=O) groups is 2. The summed E-state index contributed by atoms with van der Waals surface area (Å²) in [5.41, 5.74) is 2.76. The molecule has 0 radical (unpaired) electrons. The summed E-state index contributed by atoms with van der Waals surface area (Å²) in [6, 6.07) is 7.98. The van der Waals surface area contributed by atoms with E-state index < -0.39 is 0 Å². The highest BCUT2D eigenvalue weighted by Crippen LogP contribution is 2.16. The average Bonchev–Trinajstić information content (AvgIpc) is 3.05. The number of hydrogen-bond donors (Lipinski definition) is 2. The Morgan fingerprint density at radius 3 is 2.63 bits per heavy atom. The number of nitrogens with one attached hydrogen (secondary N) is 2. The summed E-state index contributed by atoms with van der Waals surface area (Å²) < 4.78 is 5.61. The number of rotatable bonds is 9. The highest BCUT2D eigenvalue weighted by atomic mass is 32.1. The third-order valence-corrected chi connectivity index (χ3v) is 4.52. The number of hydrogen-bond acceptors (Lipinski definition) is 5. The SMILES string of the molecule is CC(C)OCc1cccc(CNC(=O)Cc2csc(NC(=O)C(C)C)n2)c1. The molecule has 0 aliphatic carbocycles. The molecule has 27 heavy (non-hydrogen) atoms. The molecule has 0 aliphatic heterocycles. The highest BCUT2D eigenvalue weighted by Gasteiger charge is 2.12. The molecule has 1 aromatic carbocycles. The molecule has 0 bridgehead atoms. The molecule has 2 amide bonds. The van der Waals surface area contributed by atoms with Crippen molar-refractivity contribution < 1.29 is 14.3 Å². The summed E-state index contributed by atoms with van der Waals surface area (Å²) in [6.07, 6.45) is 0.367. The van der Waals surface area contributed by atoms with Crippen LogP contribution in [0.2, 0.25) is 0 Å². The van der Waals surface area contributed by atoms with Gasteiger partial charge in [0.15, 0.2) is 5.13 Å².